The highest BCUT2D eigenvalue weighted by atomic mass is 16.8. The van der Waals surface area contributed by atoms with E-state index >= 15 is 0 Å². The first-order valence-electron chi connectivity index (χ1n) is 8.41. The molecule has 27 heavy (non-hydrogen) atoms. The summed E-state index contributed by atoms with van der Waals surface area (Å²) in [7, 11) is 0. The fourth-order valence-electron chi connectivity index (χ4n) is 3.06. The molecule has 0 bridgehead atoms. The molecule has 1 N–H and O–H groups in total. The van der Waals surface area contributed by atoms with Crippen molar-refractivity contribution >= 4 is 5.78 Å². The van der Waals surface area contributed by atoms with Crippen LogP contribution in [0.25, 0.3) is 0 Å². The van der Waals surface area contributed by atoms with E-state index in [4.69, 9.17) is 24.2 Å². The maximum atomic E-state index is 12.7. The maximum absolute atomic E-state index is 12.7. The molecule has 2 aliphatic heterocycles. The van der Waals surface area contributed by atoms with Gasteiger partial charge in [-0.05, 0) is 19.4 Å². The first-order valence-corrected chi connectivity index (χ1v) is 8.41. The number of carbonyl (C=O) groups is 1. The van der Waals surface area contributed by atoms with Crippen molar-refractivity contribution in [3.8, 4) is 12.3 Å². The molecule has 4 atom stereocenters. The zero-order valence-corrected chi connectivity index (χ0v) is 14.9. The third-order valence-electron chi connectivity index (χ3n) is 4.20. The van der Waals surface area contributed by atoms with Crippen LogP contribution in [-0.2, 0) is 30.3 Å². The van der Waals surface area contributed by atoms with E-state index in [0.29, 0.717) is 0 Å². The van der Waals surface area contributed by atoms with Crippen LogP contribution >= 0.6 is 0 Å². The van der Waals surface area contributed by atoms with E-state index in [2.05, 4.69) is 5.32 Å². The fourth-order valence-corrected chi connectivity index (χ4v) is 3.06. The number of benzene rings is 1. The van der Waals surface area contributed by atoms with Crippen LogP contribution in [0.5, 0.6) is 0 Å². The number of hydrogen-bond acceptors (Lipinski definition) is 8. The Morgan fingerprint density at radius 3 is 2.70 bits per heavy atom. The molecular weight excluding hydrogens is 350 g/mol. The molecule has 0 radical (unpaired) electrons. The largest absolute Gasteiger partial charge is 0.367 e. The molecule has 3 rings (SSSR count). The summed E-state index contributed by atoms with van der Waals surface area (Å²) in [4.78, 5) is 12.7. The lowest BCUT2D eigenvalue weighted by Gasteiger charge is -2.25. The quantitative estimate of drug-likeness (QED) is 0.347. The standard InChI is InChI=1S/C19H19N3O5/c1-19(2)26-17-16(24-10-12-6-4-3-5-7-12)15(25-18(17)27-19)14(23)13(8-20)9-22-11-21/h3-7,9,15-18,22H,10H2,1-2H3/b13-9+/t15-,16+,17-,18-/m1/s1. The summed E-state index contributed by atoms with van der Waals surface area (Å²) >= 11 is 0. The number of hydrogen-bond donors (Lipinski definition) is 1. The van der Waals surface area contributed by atoms with Crippen molar-refractivity contribution in [2.75, 3.05) is 0 Å². The molecule has 1 aromatic rings. The highest BCUT2D eigenvalue weighted by Gasteiger charge is 2.57. The van der Waals surface area contributed by atoms with Crippen LogP contribution < -0.4 is 5.32 Å². The zero-order chi connectivity index (χ0) is 19.4. The van der Waals surface area contributed by atoms with E-state index in [1.807, 2.05) is 30.3 Å². The van der Waals surface area contributed by atoms with Crippen molar-refractivity contribution in [2.24, 2.45) is 0 Å². The molecule has 0 spiro atoms. The van der Waals surface area contributed by atoms with Crippen LogP contribution in [0.4, 0.5) is 0 Å². The predicted octanol–water partition coefficient (Wildman–Crippen LogP) is 1.50. The minimum atomic E-state index is -1.08. The van der Waals surface area contributed by atoms with Gasteiger partial charge in [-0.1, -0.05) is 30.3 Å². The molecule has 2 saturated heterocycles. The van der Waals surface area contributed by atoms with Gasteiger partial charge in [0.2, 0.25) is 5.78 Å². The Bertz CT molecular complexity index is 809. The average Bonchev–Trinajstić information content (AvgIpc) is 3.13. The van der Waals surface area contributed by atoms with Gasteiger partial charge in [0.15, 0.2) is 24.4 Å². The summed E-state index contributed by atoms with van der Waals surface area (Å²) < 4.78 is 23.2. The van der Waals surface area contributed by atoms with Crippen LogP contribution in [0.1, 0.15) is 19.4 Å². The van der Waals surface area contributed by atoms with Crippen molar-refractivity contribution < 1.29 is 23.7 Å². The number of ether oxygens (including phenoxy) is 4. The highest BCUT2D eigenvalue weighted by molar-refractivity contribution is 6.02. The number of nitriles is 2. The average molecular weight is 369 g/mol. The van der Waals surface area contributed by atoms with Crippen LogP contribution in [0.2, 0.25) is 0 Å². The van der Waals surface area contributed by atoms with Gasteiger partial charge in [0.25, 0.3) is 0 Å². The van der Waals surface area contributed by atoms with E-state index in [1.165, 1.54) is 0 Å². The van der Waals surface area contributed by atoms with Gasteiger partial charge < -0.3 is 18.9 Å². The summed E-state index contributed by atoms with van der Waals surface area (Å²) in [5.74, 6) is -1.47. The second-order valence-electron chi connectivity index (χ2n) is 6.58. The first kappa shape index (κ1) is 19.0. The number of nitrogens with one attached hydrogen (secondary N) is 1. The molecule has 1 aromatic carbocycles. The Morgan fingerprint density at radius 2 is 2.04 bits per heavy atom. The number of fused-ring (bicyclic) bond motifs is 1. The molecular formula is C19H19N3O5. The SMILES string of the molecule is CC1(C)O[C@H]2O[C@H](C(=O)/C(C#N)=C/NC#N)[C@H](OCc3ccccc3)[C@H]2O1. The van der Waals surface area contributed by atoms with Gasteiger partial charge in [-0.2, -0.15) is 10.5 Å². The van der Waals surface area contributed by atoms with E-state index in [0.717, 1.165) is 11.8 Å². The van der Waals surface area contributed by atoms with E-state index in [9.17, 15) is 10.1 Å². The molecule has 0 saturated carbocycles. The molecule has 0 unspecified atom stereocenters. The zero-order valence-electron chi connectivity index (χ0n) is 14.9. The van der Waals surface area contributed by atoms with Crippen molar-refractivity contribution in [3.05, 3.63) is 47.7 Å². The van der Waals surface area contributed by atoms with Gasteiger partial charge in [-0.3, -0.25) is 10.1 Å². The summed E-state index contributed by atoms with van der Waals surface area (Å²) in [5, 5.41) is 20.0. The van der Waals surface area contributed by atoms with Crippen molar-refractivity contribution in [1.82, 2.24) is 5.32 Å². The molecule has 0 amide bonds. The van der Waals surface area contributed by atoms with Gasteiger partial charge in [0.05, 0.1) is 6.61 Å². The summed E-state index contributed by atoms with van der Waals surface area (Å²) in [6.45, 7) is 3.74. The minimum absolute atomic E-state index is 0.242. The van der Waals surface area contributed by atoms with Gasteiger partial charge in [-0.25, -0.2) is 0 Å². The van der Waals surface area contributed by atoms with Crippen molar-refractivity contribution in [1.29, 1.82) is 10.5 Å². The molecule has 2 aliphatic rings. The lowest BCUT2D eigenvalue weighted by atomic mass is 10.0. The lowest BCUT2D eigenvalue weighted by molar-refractivity contribution is -0.217. The first-order chi connectivity index (χ1) is 12.9. The second kappa shape index (κ2) is 7.87. The number of Topliss-reactive ketones (excluding diaryl/α,β-unsaturated/α-hetero) is 1. The molecule has 0 aliphatic carbocycles. The topological polar surface area (TPSA) is 114 Å². The highest BCUT2D eigenvalue weighted by Crippen LogP contribution is 2.39. The Balaban J connectivity index is 1.80. The summed E-state index contributed by atoms with van der Waals surface area (Å²) in [6, 6.07) is 11.2. The predicted molar refractivity (Wildman–Crippen MR) is 91.2 cm³/mol. The molecule has 0 aromatic heterocycles. The third kappa shape index (κ3) is 4.16. The summed E-state index contributed by atoms with van der Waals surface area (Å²) in [6.07, 6.45) is -0.550. The van der Waals surface area contributed by atoms with Crippen LogP contribution in [0.3, 0.4) is 0 Å². The number of carbonyl (C=O) groups excluding carboxylic acids is 1. The molecule has 2 fully saturated rings. The number of rotatable bonds is 6. The second-order valence-corrected chi connectivity index (χ2v) is 6.58. The normalized spacial score (nSPS) is 28.8. The maximum Gasteiger partial charge on any atom is 0.206 e. The lowest BCUT2D eigenvalue weighted by Crippen LogP contribution is -2.41. The van der Waals surface area contributed by atoms with E-state index in [-0.39, 0.29) is 12.2 Å². The Hall–Kier alpha value is -2.75. The molecule has 8 nitrogen and oxygen atoms in total. The molecule has 8 heteroatoms. The molecule has 2 heterocycles. The van der Waals surface area contributed by atoms with Crippen molar-refractivity contribution in [3.63, 3.8) is 0 Å². The van der Waals surface area contributed by atoms with Gasteiger partial charge in [0.1, 0.15) is 23.9 Å². The Morgan fingerprint density at radius 1 is 1.30 bits per heavy atom. The van der Waals surface area contributed by atoms with Gasteiger partial charge in [-0.15, -0.1) is 0 Å². The van der Waals surface area contributed by atoms with E-state index in [1.54, 1.807) is 26.1 Å². The minimum Gasteiger partial charge on any atom is -0.367 e. The summed E-state index contributed by atoms with van der Waals surface area (Å²) in [5.41, 5.74) is 0.682. The molecule has 140 valence electrons. The van der Waals surface area contributed by atoms with Crippen LogP contribution in [0, 0.1) is 22.8 Å². The van der Waals surface area contributed by atoms with Crippen molar-refractivity contribution in [2.45, 2.75) is 50.8 Å². The van der Waals surface area contributed by atoms with Crippen LogP contribution in [0.15, 0.2) is 42.1 Å². The van der Waals surface area contributed by atoms with Gasteiger partial charge >= 0.3 is 0 Å². The monoisotopic (exact) mass is 369 g/mol. The Labute approximate surface area is 156 Å². The fraction of sp³-hybridized carbons (Fsp3) is 0.421. The number of ketones is 1. The van der Waals surface area contributed by atoms with E-state index < -0.39 is 36.2 Å². The smallest absolute Gasteiger partial charge is 0.206 e. The van der Waals surface area contributed by atoms with Crippen LogP contribution in [-0.4, -0.2) is 36.2 Å². The third-order valence-corrected chi connectivity index (χ3v) is 4.20. The number of nitrogens with zero attached hydrogens (tertiary/aromatic N) is 2. The van der Waals surface area contributed by atoms with Gasteiger partial charge in [0, 0.05) is 6.20 Å². The Kier molecular flexibility index (Phi) is 5.54.